The van der Waals surface area contributed by atoms with Gasteiger partial charge in [0.1, 0.15) is 10.7 Å². The van der Waals surface area contributed by atoms with E-state index in [9.17, 15) is 12.8 Å². The van der Waals surface area contributed by atoms with E-state index in [4.69, 9.17) is 11.0 Å². The van der Waals surface area contributed by atoms with Crippen molar-refractivity contribution in [3.05, 3.63) is 24.0 Å². The van der Waals surface area contributed by atoms with Gasteiger partial charge >= 0.3 is 0 Å². The number of hydrogen-bond acceptors (Lipinski definition) is 4. The van der Waals surface area contributed by atoms with Gasteiger partial charge in [0, 0.05) is 19.0 Å². The Morgan fingerprint density at radius 1 is 1.47 bits per heavy atom. The van der Waals surface area contributed by atoms with Gasteiger partial charge in [0.2, 0.25) is 10.0 Å². The number of rotatable bonds is 5. The fraction of sp³-hybridized carbons (Fsp3) is 0.417. The van der Waals surface area contributed by atoms with Crippen LogP contribution in [0, 0.1) is 17.1 Å². The second-order valence-electron chi connectivity index (χ2n) is 4.41. The van der Waals surface area contributed by atoms with E-state index in [2.05, 4.69) is 0 Å². The molecule has 2 N–H and O–H groups in total. The molecule has 0 aliphatic heterocycles. The molecule has 102 valence electrons. The lowest BCUT2D eigenvalue weighted by atomic mass is 10.3. The van der Waals surface area contributed by atoms with Gasteiger partial charge in [-0.1, -0.05) is 6.07 Å². The van der Waals surface area contributed by atoms with E-state index < -0.39 is 15.8 Å². The van der Waals surface area contributed by atoms with Gasteiger partial charge in [-0.25, -0.2) is 12.8 Å². The van der Waals surface area contributed by atoms with Gasteiger partial charge < -0.3 is 5.73 Å². The van der Waals surface area contributed by atoms with Crippen LogP contribution in [0.15, 0.2) is 23.1 Å². The number of anilines is 1. The maximum atomic E-state index is 13.4. The predicted octanol–water partition coefficient (Wildman–Crippen LogP) is 1.47. The molecule has 1 aliphatic rings. The average molecular weight is 283 g/mol. The summed E-state index contributed by atoms with van der Waals surface area (Å²) >= 11 is 0. The highest BCUT2D eigenvalue weighted by atomic mass is 32.2. The van der Waals surface area contributed by atoms with E-state index in [1.54, 1.807) is 0 Å². The van der Waals surface area contributed by atoms with Gasteiger partial charge in [-0.15, -0.1) is 0 Å². The first-order valence-corrected chi connectivity index (χ1v) is 7.35. The first kappa shape index (κ1) is 13.8. The Morgan fingerprint density at radius 2 is 2.16 bits per heavy atom. The molecule has 1 saturated carbocycles. The molecule has 0 spiro atoms. The van der Waals surface area contributed by atoms with E-state index in [1.165, 1.54) is 16.4 Å². The second-order valence-corrected chi connectivity index (χ2v) is 6.27. The predicted molar refractivity (Wildman–Crippen MR) is 68.0 cm³/mol. The fourth-order valence-corrected chi connectivity index (χ4v) is 3.70. The molecule has 7 heteroatoms. The maximum absolute atomic E-state index is 13.4. The Hall–Kier alpha value is -1.65. The van der Waals surface area contributed by atoms with Crippen LogP contribution in [0.2, 0.25) is 0 Å². The fourth-order valence-electron chi connectivity index (χ4n) is 1.89. The molecule has 0 radical (unpaired) electrons. The van der Waals surface area contributed by atoms with Gasteiger partial charge in [-0.3, -0.25) is 0 Å². The van der Waals surface area contributed by atoms with Crippen LogP contribution in [0.4, 0.5) is 10.1 Å². The minimum atomic E-state index is -3.85. The van der Waals surface area contributed by atoms with E-state index in [-0.39, 0.29) is 29.6 Å². The molecule has 1 aromatic carbocycles. The molecule has 2 rings (SSSR count). The van der Waals surface area contributed by atoms with Gasteiger partial charge in [0.05, 0.1) is 11.8 Å². The summed E-state index contributed by atoms with van der Waals surface area (Å²) in [6, 6.07) is 5.54. The average Bonchev–Trinajstić information content (AvgIpc) is 3.17. The first-order valence-electron chi connectivity index (χ1n) is 5.91. The largest absolute Gasteiger partial charge is 0.395 e. The van der Waals surface area contributed by atoms with Crippen molar-refractivity contribution in [2.45, 2.75) is 30.2 Å². The third kappa shape index (κ3) is 2.69. The SMILES string of the molecule is N#CCCN(C1CC1)S(=O)(=O)c1cccc(F)c1N. The number of nitrogens with zero attached hydrogens (tertiary/aromatic N) is 2. The molecule has 0 aromatic heterocycles. The van der Waals surface area contributed by atoms with Crippen LogP contribution in [0.3, 0.4) is 0 Å². The summed E-state index contributed by atoms with van der Waals surface area (Å²) in [7, 11) is -3.85. The van der Waals surface area contributed by atoms with Crippen LogP contribution in [0.5, 0.6) is 0 Å². The van der Waals surface area contributed by atoms with Crippen molar-refractivity contribution in [2.24, 2.45) is 0 Å². The van der Waals surface area contributed by atoms with Gasteiger partial charge in [-0.05, 0) is 25.0 Å². The van der Waals surface area contributed by atoms with Crippen LogP contribution in [-0.4, -0.2) is 25.3 Å². The van der Waals surface area contributed by atoms with Crippen LogP contribution in [0.1, 0.15) is 19.3 Å². The second kappa shape index (κ2) is 5.15. The number of nitriles is 1. The smallest absolute Gasteiger partial charge is 0.245 e. The summed E-state index contributed by atoms with van der Waals surface area (Å²) in [6.45, 7) is 0.111. The molecular weight excluding hydrogens is 269 g/mol. The quantitative estimate of drug-likeness (QED) is 0.829. The Morgan fingerprint density at radius 3 is 2.74 bits per heavy atom. The lowest BCUT2D eigenvalue weighted by Gasteiger charge is -2.21. The molecule has 0 heterocycles. The van der Waals surface area contributed by atoms with Crippen LogP contribution < -0.4 is 5.73 Å². The van der Waals surface area contributed by atoms with E-state index in [1.807, 2.05) is 6.07 Å². The topological polar surface area (TPSA) is 87.2 Å². The maximum Gasteiger partial charge on any atom is 0.245 e. The van der Waals surface area contributed by atoms with Crippen molar-refractivity contribution in [2.75, 3.05) is 12.3 Å². The number of benzene rings is 1. The molecule has 1 fully saturated rings. The molecular formula is C12H14FN3O2S. The molecule has 1 aromatic rings. The van der Waals surface area contributed by atoms with Crippen LogP contribution in [-0.2, 0) is 10.0 Å². The highest BCUT2D eigenvalue weighted by molar-refractivity contribution is 7.89. The number of para-hydroxylation sites is 1. The normalized spacial score (nSPS) is 15.4. The zero-order valence-corrected chi connectivity index (χ0v) is 11.0. The molecule has 0 saturated heterocycles. The van der Waals surface area contributed by atoms with Crippen molar-refractivity contribution >= 4 is 15.7 Å². The zero-order valence-electron chi connectivity index (χ0n) is 10.2. The number of sulfonamides is 1. The monoisotopic (exact) mass is 283 g/mol. The van der Waals surface area contributed by atoms with E-state index >= 15 is 0 Å². The number of halogens is 1. The lowest BCUT2D eigenvalue weighted by Crippen LogP contribution is -2.34. The third-order valence-electron chi connectivity index (χ3n) is 3.00. The van der Waals surface area contributed by atoms with Crippen molar-refractivity contribution in [3.8, 4) is 6.07 Å². The van der Waals surface area contributed by atoms with E-state index in [0.717, 1.165) is 18.9 Å². The number of nitrogen functional groups attached to an aromatic ring is 1. The molecule has 0 bridgehead atoms. The summed E-state index contributed by atoms with van der Waals surface area (Å²) < 4.78 is 39.6. The third-order valence-corrected chi connectivity index (χ3v) is 5.01. The molecule has 0 atom stereocenters. The minimum absolute atomic E-state index is 0.0963. The Kier molecular flexibility index (Phi) is 3.73. The van der Waals surface area contributed by atoms with E-state index in [0.29, 0.717) is 0 Å². The number of nitrogens with two attached hydrogens (primary N) is 1. The molecule has 5 nitrogen and oxygen atoms in total. The summed E-state index contributed by atoms with van der Waals surface area (Å²) in [5.74, 6) is -0.753. The van der Waals surface area contributed by atoms with Crippen LogP contribution in [0.25, 0.3) is 0 Å². The van der Waals surface area contributed by atoms with Crippen molar-refractivity contribution in [1.82, 2.24) is 4.31 Å². The van der Waals surface area contributed by atoms with Crippen molar-refractivity contribution < 1.29 is 12.8 Å². The van der Waals surface area contributed by atoms with Crippen molar-refractivity contribution in [3.63, 3.8) is 0 Å². The molecule has 19 heavy (non-hydrogen) atoms. The first-order chi connectivity index (χ1) is 8.98. The van der Waals surface area contributed by atoms with Gasteiger partial charge in [-0.2, -0.15) is 9.57 Å². The molecule has 1 aliphatic carbocycles. The Labute approximate surface area is 111 Å². The summed E-state index contributed by atoms with van der Waals surface area (Å²) in [6.07, 6.45) is 1.63. The summed E-state index contributed by atoms with van der Waals surface area (Å²) in [5.41, 5.74) is 5.14. The highest BCUT2D eigenvalue weighted by Gasteiger charge is 2.38. The number of hydrogen-bond donors (Lipinski definition) is 1. The summed E-state index contributed by atoms with van der Waals surface area (Å²) in [4.78, 5) is -0.225. The van der Waals surface area contributed by atoms with Crippen LogP contribution >= 0.6 is 0 Å². The standard InChI is InChI=1S/C12H14FN3O2S/c13-10-3-1-4-11(12(10)15)19(17,18)16(8-2-7-14)9-5-6-9/h1,3-4,9H,2,5-6,8,15H2. The zero-order chi connectivity index (χ0) is 14.0. The lowest BCUT2D eigenvalue weighted by molar-refractivity contribution is 0.411. The minimum Gasteiger partial charge on any atom is -0.395 e. The van der Waals surface area contributed by atoms with Gasteiger partial charge in [0.25, 0.3) is 0 Å². The highest BCUT2D eigenvalue weighted by Crippen LogP contribution is 2.34. The molecule has 0 amide bonds. The van der Waals surface area contributed by atoms with Crippen molar-refractivity contribution in [1.29, 1.82) is 5.26 Å². The van der Waals surface area contributed by atoms with Gasteiger partial charge in [0.15, 0.2) is 0 Å². The Balaban J connectivity index is 2.39. The molecule has 0 unspecified atom stereocenters. The summed E-state index contributed by atoms with van der Waals surface area (Å²) in [5, 5.41) is 8.60. The Bertz CT molecular complexity index is 620.